The quantitative estimate of drug-likeness (QED) is 0.203. The highest BCUT2D eigenvalue weighted by molar-refractivity contribution is 8.00. The number of hydrogen-bond donors (Lipinski definition) is 1. The number of aryl methyl sites for hydroxylation is 1. The van der Waals surface area contributed by atoms with E-state index in [2.05, 4.69) is 15.3 Å². The summed E-state index contributed by atoms with van der Waals surface area (Å²) in [4.78, 5) is 33.4. The van der Waals surface area contributed by atoms with E-state index in [1.165, 1.54) is 23.5 Å². The van der Waals surface area contributed by atoms with Gasteiger partial charge in [-0.2, -0.15) is 0 Å². The average Bonchev–Trinajstić information content (AvgIpc) is 2.78. The standard InChI is InChI=1S/C23H23N3O3S2/c1-3-29-19-11-9-18(10-12-19)25-21(28)15-30-22-13-16(2)24-23(26-22)31-14-20(27)17-7-5-4-6-8-17/h4-13H,3,14-15H2,1-2H3,(H,25,28). The fraction of sp³-hybridized carbons (Fsp3) is 0.217. The Kier molecular flexibility index (Phi) is 8.49. The molecule has 1 heterocycles. The van der Waals surface area contributed by atoms with E-state index in [-0.39, 0.29) is 23.2 Å². The Morgan fingerprint density at radius 2 is 1.71 bits per heavy atom. The number of carbonyl (C=O) groups excluding carboxylic acids is 2. The molecule has 1 aromatic heterocycles. The van der Waals surface area contributed by atoms with Crippen LogP contribution < -0.4 is 10.1 Å². The zero-order valence-electron chi connectivity index (χ0n) is 17.3. The van der Waals surface area contributed by atoms with Crippen LogP contribution in [0.5, 0.6) is 5.75 Å². The largest absolute Gasteiger partial charge is 0.494 e. The molecule has 0 aliphatic rings. The topological polar surface area (TPSA) is 81.2 Å². The number of hydrogen-bond acceptors (Lipinski definition) is 7. The molecule has 160 valence electrons. The molecule has 0 aliphatic carbocycles. The normalized spacial score (nSPS) is 10.5. The fourth-order valence-corrected chi connectivity index (χ4v) is 4.24. The number of Topliss-reactive ketones (excluding diaryl/α,β-unsaturated/α-hetero) is 1. The van der Waals surface area contributed by atoms with E-state index in [1.54, 1.807) is 24.3 Å². The van der Waals surface area contributed by atoms with Gasteiger partial charge in [0, 0.05) is 16.9 Å². The smallest absolute Gasteiger partial charge is 0.234 e. The van der Waals surface area contributed by atoms with Gasteiger partial charge in [0.25, 0.3) is 0 Å². The molecule has 8 heteroatoms. The van der Waals surface area contributed by atoms with Gasteiger partial charge in [-0.25, -0.2) is 9.97 Å². The number of rotatable bonds is 10. The fourth-order valence-electron chi connectivity index (χ4n) is 2.63. The number of thioether (sulfide) groups is 2. The van der Waals surface area contributed by atoms with Gasteiger partial charge in [-0.15, -0.1) is 0 Å². The molecule has 0 spiro atoms. The summed E-state index contributed by atoms with van der Waals surface area (Å²) in [7, 11) is 0. The summed E-state index contributed by atoms with van der Waals surface area (Å²) < 4.78 is 5.40. The lowest BCUT2D eigenvalue weighted by molar-refractivity contribution is -0.113. The zero-order chi connectivity index (χ0) is 22.1. The van der Waals surface area contributed by atoms with Gasteiger partial charge >= 0.3 is 0 Å². The summed E-state index contributed by atoms with van der Waals surface area (Å²) in [6.07, 6.45) is 0. The van der Waals surface area contributed by atoms with E-state index in [4.69, 9.17) is 4.74 Å². The molecular formula is C23H23N3O3S2. The lowest BCUT2D eigenvalue weighted by Crippen LogP contribution is -2.14. The van der Waals surface area contributed by atoms with Crippen LogP contribution in [0.1, 0.15) is 23.0 Å². The van der Waals surface area contributed by atoms with Crippen molar-refractivity contribution in [3.8, 4) is 5.75 Å². The number of amides is 1. The van der Waals surface area contributed by atoms with Crippen molar-refractivity contribution in [3.05, 3.63) is 71.9 Å². The van der Waals surface area contributed by atoms with Crippen molar-refractivity contribution in [1.29, 1.82) is 0 Å². The molecule has 0 unspecified atom stereocenters. The van der Waals surface area contributed by atoms with Gasteiger partial charge in [-0.05, 0) is 44.2 Å². The van der Waals surface area contributed by atoms with Gasteiger partial charge in [-0.1, -0.05) is 53.9 Å². The molecule has 0 saturated heterocycles. The summed E-state index contributed by atoms with van der Waals surface area (Å²) in [5, 5.41) is 4.09. The van der Waals surface area contributed by atoms with Gasteiger partial charge in [0.1, 0.15) is 10.8 Å². The first-order valence-corrected chi connectivity index (χ1v) is 11.7. The predicted octanol–water partition coefficient (Wildman–Crippen LogP) is 4.89. The second-order valence-electron chi connectivity index (χ2n) is 6.50. The summed E-state index contributed by atoms with van der Waals surface area (Å²) in [6.45, 7) is 4.39. The maximum atomic E-state index is 12.3. The van der Waals surface area contributed by atoms with Crippen LogP contribution >= 0.6 is 23.5 Å². The SMILES string of the molecule is CCOc1ccc(NC(=O)CSc2cc(C)nc(SCC(=O)c3ccccc3)n2)cc1. The Hall–Kier alpha value is -2.84. The molecule has 2 aromatic carbocycles. The first-order valence-electron chi connectivity index (χ1n) is 9.75. The number of nitrogens with zero attached hydrogens (tertiary/aromatic N) is 2. The maximum absolute atomic E-state index is 12.3. The Labute approximate surface area is 190 Å². The summed E-state index contributed by atoms with van der Waals surface area (Å²) in [5.74, 6) is 1.15. The molecule has 0 bridgehead atoms. The van der Waals surface area contributed by atoms with Crippen molar-refractivity contribution in [2.45, 2.75) is 24.0 Å². The third-order valence-electron chi connectivity index (χ3n) is 4.04. The Morgan fingerprint density at radius 3 is 2.42 bits per heavy atom. The van der Waals surface area contributed by atoms with Crippen molar-refractivity contribution < 1.29 is 14.3 Å². The van der Waals surface area contributed by atoms with Gasteiger partial charge in [0.05, 0.1) is 18.1 Å². The van der Waals surface area contributed by atoms with Gasteiger partial charge in [-0.3, -0.25) is 9.59 Å². The summed E-state index contributed by atoms with van der Waals surface area (Å²) in [6, 6.07) is 18.2. The number of ketones is 1. The number of ether oxygens (including phenoxy) is 1. The van der Waals surface area contributed by atoms with Crippen LogP contribution in [0, 0.1) is 6.92 Å². The first kappa shape index (κ1) is 22.8. The second kappa shape index (κ2) is 11.5. The molecule has 31 heavy (non-hydrogen) atoms. The molecule has 0 radical (unpaired) electrons. The Morgan fingerprint density at radius 1 is 0.968 bits per heavy atom. The van der Waals surface area contributed by atoms with Crippen molar-refractivity contribution in [2.24, 2.45) is 0 Å². The predicted molar refractivity (Wildman–Crippen MR) is 125 cm³/mol. The number of carbonyl (C=O) groups is 2. The van der Waals surface area contributed by atoms with Crippen LogP contribution in [-0.2, 0) is 4.79 Å². The molecule has 1 amide bonds. The van der Waals surface area contributed by atoms with E-state index in [9.17, 15) is 9.59 Å². The molecule has 0 aliphatic heterocycles. The molecule has 6 nitrogen and oxygen atoms in total. The molecule has 0 saturated carbocycles. The van der Waals surface area contributed by atoms with E-state index < -0.39 is 0 Å². The van der Waals surface area contributed by atoms with Crippen molar-refractivity contribution in [3.63, 3.8) is 0 Å². The molecule has 1 N–H and O–H groups in total. The minimum atomic E-state index is -0.126. The number of anilines is 1. The van der Waals surface area contributed by atoms with E-state index in [0.717, 1.165) is 11.4 Å². The third kappa shape index (κ3) is 7.41. The molecule has 3 aromatic rings. The number of nitrogens with one attached hydrogen (secondary N) is 1. The molecular weight excluding hydrogens is 430 g/mol. The molecule has 0 atom stereocenters. The number of benzene rings is 2. The first-order chi connectivity index (χ1) is 15.0. The number of aromatic nitrogens is 2. The third-order valence-corrected chi connectivity index (χ3v) is 5.80. The molecule has 3 rings (SSSR count). The van der Waals surface area contributed by atoms with Crippen LogP contribution in [-0.4, -0.2) is 39.8 Å². The highest BCUT2D eigenvalue weighted by Gasteiger charge is 2.11. The van der Waals surface area contributed by atoms with Crippen LogP contribution in [0.4, 0.5) is 5.69 Å². The van der Waals surface area contributed by atoms with Crippen molar-refractivity contribution in [2.75, 3.05) is 23.4 Å². The monoisotopic (exact) mass is 453 g/mol. The lowest BCUT2D eigenvalue weighted by atomic mass is 10.2. The highest BCUT2D eigenvalue weighted by atomic mass is 32.2. The molecule has 0 fully saturated rings. The van der Waals surface area contributed by atoms with Crippen molar-refractivity contribution in [1.82, 2.24) is 9.97 Å². The van der Waals surface area contributed by atoms with Crippen molar-refractivity contribution >= 4 is 40.9 Å². The van der Waals surface area contributed by atoms with Crippen LogP contribution in [0.25, 0.3) is 0 Å². The second-order valence-corrected chi connectivity index (χ2v) is 8.44. The Bertz CT molecular complexity index is 1030. The zero-order valence-corrected chi connectivity index (χ0v) is 19.0. The summed E-state index contributed by atoms with van der Waals surface area (Å²) >= 11 is 2.63. The van der Waals surface area contributed by atoms with E-state index >= 15 is 0 Å². The van der Waals surface area contributed by atoms with Crippen LogP contribution in [0.2, 0.25) is 0 Å². The minimum absolute atomic E-state index is 0.0274. The summed E-state index contributed by atoms with van der Waals surface area (Å²) in [5.41, 5.74) is 2.17. The van der Waals surface area contributed by atoms with Gasteiger partial charge in [0.2, 0.25) is 5.91 Å². The van der Waals surface area contributed by atoms with Gasteiger partial charge in [0.15, 0.2) is 10.9 Å². The maximum Gasteiger partial charge on any atom is 0.234 e. The van der Waals surface area contributed by atoms with E-state index in [1.807, 2.05) is 50.2 Å². The van der Waals surface area contributed by atoms with E-state index in [0.29, 0.717) is 28.0 Å². The van der Waals surface area contributed by atoms with Crippen LogP contribution in [0.3, 0.4) is 0 Å². The Balaban J connectivity index is 1.52. The average molecular weight is 454 g/mol. The van der Waals surface area contributed by atoms with Gasteiger partial charge < -0.3 is 10.1 Å². The highest BCUT2D eigenvalue weighted by Crippen LogP contribution is 2.22. The van der Waals surface area contributed by atoms with Crippen LogP contribution in [0.15, 0.2) is 70.8 Å². The lowest BCUT2D eigenvalue weighted by Gasteiger charge is -2.08. The minimum Gasteiger partial charge on any atom is -0.494 e.